The summed E-state index contributed by atoms with van der Waals surface area (Å²) in [6.45, 7) is 8.47. The van der Waals surface area contributed by atoms with Gasteiger partial charge >= 0.3 is 0 Å². The maximum atomic E-state index is 13.6. The quantitative estimate of drug-likeness (QED) is 0.632. The summed E-state index contributed by atoms with van der Waals surface area (Å²) in [5.74, 6) is -0.0590. The minimum absolute atomic E-state index is 0.0227. The zero-order chi connectivity index (χ0) is 22.3. The molecule has 0 saturated heterocycles. The van der Waals surface area contributed by atoms with Gasteiger partial charge < -0.3 is 15.1 Å². The van der Waals surface area contributed by atoms with Gasteiger partial charge in [-0.1, -0.05) is 44.2 Å². The highest BCUT2D eigenvalue weighted by atomic mass is 16.2. The molecule has 5 heteroatoms. The molecule has 0 aliphatic heterocycles. The summed E-state index contributed by atoms with van der Waals surface area (Å²) >= 11 is 0. The lowest BCUT2D eigenvalue weighted by Gasteiger charge is -2.32. The predicted molar refractivity (Wildman–Crippen MR) is 125 cm³/mol. The molecule has 162 valence electrons. The number of amides is 2. The molecule has 0 bridgehead atoms. The van der Waals surface area contributed by atoms with Crippen molar-refractivity contribution in [2.45, 2.75) is 59.0 Å². The van der Waals surface area contributed by atoms with Gasteiger partial charge in [-0.05, 0) is 49.6 Å². The highest BCUT2D eigenvalue weighted by Gasteiger charge is 2.27. The lowest BCUT2D eigenvalue weighted by atomic mass is 9.94. The Kier molecular flexibility index (Phi) is 8.46. The number of rotatable bonds is 9. The zero-order valence-corrected chi connectivity index (χ0v) is 19.1. The van der Waals surface area contributed by atoms with Crippen molar-refractivity contribution >= 4 is 23.2 Å². The van der Waals surface area contributed by atoms with Gasteiger partial charge in [0, 0.05) is 44.5 Å². The molecule has 2 rings (SSSR count). The van der Waals surface area contributed by atoms with E-state index in [2.05, 4.69) is 12.2 Å². The summed E-state index contributed by atoms with van der Waals surface area (Å²) in [7, 11) is 3.98. The lowest BCUT2D eigenvalue weighted by Crippen LogP contribution is -2.39. The Labute approximate surface area is 181 Å². The summed E-state index contributed by atoms with van der Waals surface area (Å²) in [4.78, 5) is 29.4. The maximum absolute atomic E-state index is 13.6. The Morgan fingerprint density at radius 3 is 2.20 bits per heavy atom. The first kappa shape index (κ1) is 23.5. The van der Waals surface area contributed by atoms with Crippen LogP contribution in [0.5, 0.6) is 0 Å². The first-order valence-electron chi connectivity index (χ1n) is 10.7. The summed E-state index contributed by atoms with van der Waals surface area (Å²) in [5, 5.41) is 2.93. The zero-order valence-electron chi connectivity index (χ0n) is 19.1. The fourth-order valence-corrected chi connectivity index (χ4v) is 3.61. The molecule has 1 atom stereocenters. The number of carbonyl (C=O) groups is 2. The molecule has 1 N–H and O–H groups in total. The molecule has 0 heterocycles. The van der Waals surface area contributed by atoms with Gasteiger partial charge in [-0.3, -0.25) is 9.59 Å². The van der Waals surface area contributed by atoms with Gasteiger partial charge in [-0.25, -0.2) is 0 Å². The third kappa shape index (κ3) is 5.85. The SMILES string of the molecule is CCC(=O)Nc1ccc(N(C)C)c(CN(C(=O)[C@H](CC)c2ccccc2)C(C)C)c1. The van der Waals surface area contributed by atoms with Crippen LogP contribution >= 0.6 is 0 Å². The number of nitrogens with zero attached hydrogens (tertiary/aromatic N) is 2. The third-order valence-corrected chi connectivity index (χ3v) is 5.32. The number of carbonyl (C=O) groups excluding carboxylic acids is 2. The first-order chi connectivity index (χ1) is 14.3. The standard InChI is InChI=1S/C25H35N3O2/c1-7-22(19-12-10-9-11-13-19)25(30)28(18(3)4)17-20-16-21(26-24(29)8-2)14-15-23(20)27(5)6/h9-16,18,22H,7-8,17H2,1-6H3,(H,26,29)/t22-/m1/s1. The second-order valence-electron chi connectivity index (χ2n) is 8.07. The van der Waals surface area contributed by atoms with Crippen molar-refractivity contribution in [1.29, 1.82) is 0 Å². The van der Waals surface area contributed by atoms with Crippen LogP contribution in [-0.2, 0) is 16.1 Å². The topological polar surface area (TPSA) is 52.7 Å². The molecule has 0 aliphatic rings. The van der Waals surface area contributed by atoms with E-state index in [9.17, 15) is 9.59 Å². The smallest absolute Gasteiger partial charge is 0.230 e. The van der Waals surface area contributed by atoms with Crippen LogP contribution in [0.25, 0.3) is 0 Å². The van der Waals surface area contributed by atoms with E-state index < -0.39 is 0 Å². The molecule has 0 spiro atoms. The minimum atomic E-state index is -0.167. The highest BCUT2D eigenvalue weighted by Crippen LogP contribution is 2.28. The van der Waals surface area contributed by atoms with E-state index in [0.29, 0.717) is 13.0 Å². The fraction of sp³-hybridized carbons (Fsp3) is 0.440. The van der Waals surface area contributed by atoms with Gasteiger partial charge in [0.25, 0.3) is 0 Å². The average Bonchev–Trinajstić information content (AvgIpc) is 2.72. The Morgan fingerprint density at radius 1 is 1.00 bits per heavy atom. The predicted octanol–water partition coefficient (Wildman–Crippen LogP) is 5.03. The fourth-order valence-electron chi connectivity index (χ4n) is 3.61. The van der Waals surface area contributed by atoms with Crippen molar-refractivity contribution in [2.75, 3.05) is 24.3 Å². The van der Waals surface area contributed by atoms with Crippen molar-refractivity contribution in [2.24, 2.45) is 0 Å². The molecule has 2 aromatic carbocycles. The maximum Gasteiger partial charge on any atom is 0.230 e. The largest absolute Gasteiger partial charge is 0.377 e. The van der Waals surface area contributed by atoms with E-state index in [4.69, 9.17) is 0 Å². The molecule has 0 saturated carbocycles. The Bertz CT molecular complexity index is 847. The van der Waals surface area contributed by atoms with E-state index in [1.165, 1.54) is 0 Å². The Morgan fingerprint density at radius 2 is 1.67 bits per heavy atom. The van der Waals surface area contributed by atoms with E-state index in [0.717, 1.165) is 28.9 Å². The van der Waals surface area contributed by atoms with Crippen molar-refractivity contribution in [3.05, 3.63) is 59.7 Å². The number of anilines is 2. The van der Waals surface area contributed by atoms with Gasteiger partial charge in [0.15, 0.2) is 0 Å². The van der Waals surface area contributed by atoms with Gasteiger partial charge in [0.1, 0.15) is 0 Å². The second-order valence-corrected chi connectivity index (χ2v) is 8.07. The molecule has 5 nitrogen and oxygen atoms in total. The van der Waals surface area contributed by atoms with Crippen molar-refractivity contribution in [3.8, 4) is 0 Å². The summed E-state index contributed by atoms with van der Waals surface area (Å²) in [6, 6.07) is 15.9. The number of hydrogen-bond acceptors (Lipinski definition) is 3. The summed E-state index contributed by atoms with van der Waals surface area (Å²) in [6.07, 6.45) is 1.18. The van der Waals surface area contributed by atoms with Crippen LogP contribution in [0.1, 0.15) is 57.6 Å². The van der Waals surface area contributed by atoms with Crippen LogP contribution in [-0.4, -0.2) is 36.9 Å². The Balaban J connectivity index is 2.38. The van der Waals surface area contributed by atoms with Crippen LogP contribution < -0.4 is 10.2 Å². The van der Waals surface area contributed by atoms with Crippen LogP contribution in [0.15, 0.2) is 48.5 Å². The number of hydrogen-bond donors (Lipinski definition) is 1. The van der Waals surface area contributed by atoms with Crippen molar-refractivity contribution < 1.29 is 9.59 Å². The normalized spacial score (nSPS) is 11.8. The monoisotopic (exact) mass is 409 g/mol. The summed E-state index contributed by atoms with van der Waals surface area (Å²) in [5.41, 5.74) is 3.86. The summed E-state index contributed by atoms with van der Waals surface area (Å²) < 4.78 is 0. The van der Waals surface area contributed by atoms with Crippen LogP contribution in [0.2, 0.25) is 0 Å². The van der Waals surface area contributed by atoms with E-state index in [1.54, 1.807) is 0 Å². The highest BCUT2D eigenvalue weighted by molar-refractivity contribution is 5.91. The molecule has 0 radical (unpaired) electrons. The molecule has 0 aromatic heterocycles. The van der Waals surface area contributed by atoms with E-state index in [1.807, 2.05) is 93.2 Å². The van der Waals surface area contributed by atoms with Crippen LogP contribution in [0.4, 0.5) is 11.4 Å². The van der Waals surface area contributed by atoms with Crippen molar-refractivity contribution in [3.63, 3.8) is 0 Å². The molecule has 0 unspecified atom stereocenters. The second kappa shape index (κ2) is 10.8. The molecule has 2 aromatic rings. The molecular formula is C25H35N3O2. The van der Waals surface area contributed by atoms with E-state index in [-0.39, 0.29) is 23.8 Å². The first-order valence-corrected chi connectivity index (χ1v) is 10.7. The third-order valence-electron chi connectivity index (χ3n) is 5.32. The molecule has 0 aliphatic carbocycles. The van der Waals surface area contributed by atoms with Gasteiger partial charge in [-0.2, -0.15) is 0 Å². The molecule has 0 fully saturated rings. The number of nitrogens with one attached hydrogen (secondary N) is 1. The average molecular weight is 410 g/mol. The Hall–Kier alpha value is -2.82. The van der Waals surface area contributed by atoms with Crippen molar-refractivity contribution in [1.82, 2.24) is 4.90 Å². The lowest BCUT2D eigenvalue weighted by molar-refractivity contribution is -0.135. The van der Waals surface area contributed by atoms with E-state index >= 15 is 0 Å². The molecule has 30 heavy (non-hydrogen) atoms. The number of benzene rings is 2. The molecule has 2 amide bonds. The van der Waals surface area contributed by atoms with Crippen LogP contribution in [0.3, 0.4) is 0 Å². The minimum Gasteiger partial charge on any atom is -0.377 e. The van der Waals surface area contributed by atoms with Gasteiger partial charge in [-0.15, -0.1) is 0 Å². The molecular weight excluding hydrogens is 374 g/mol. The van der Waals surface area contributed by atoms with Gasteiger partial charge in [0.2, 0.25) is 11.8 Å². The van der Waals surface area contributed by atoms with Gasteiger partial charge in [0.05, 0.1) is 5.92 Å². The van der Waals surface area contributed by atoms with Crippen LogP contribution in [0, 0.1) is 0 Å².